The highest BCUT2D eigenvalue weighted by molar-refractivity contribution is 5.96. The van der Waals surface area contributed by atoms with Gasteiger partial charge in [-0.3, -0.25) is 19.5 Å². The molecule has 1 saturated heterocycles. The number of carbonyl (C=O) groups excluding carboxylic acids is 3. The van der Waals surface area contributed by atoms with Crippen LogP contribution in [0.25, 0.3) is 0 Å². The van der Waals surface area contributed by atoms with Gasteiger partial charge >= 0.3 is 5.97 Å². The van der Waals surface area contributed by atoms with Crippen molar-refractivity contribution in [3.05, 3.63) is 17.0 Å². The second-order valence-electron chi connectivity index (χ2n) is 7.05. The summed E-state index contributed by atoms with van der Waals surface area (Å²) in [5.41, 5.74) is 2.23. The van der Waals surface area contributed by atoms with Crippen molar-refractivity contribution in [1.82, 2.24) is 25.3 Å². The maximum atomic E-state index is 12.7. The molecule has 1 aromatic heterocycles. The van der Waals surface area contributed by atoms with Crippen LogP contribution in [-0.4, -0.2) is 77.6 Å². The van der Waals surface area contributed by atoms with Crippen molar-refractivity contribution in [3.8, 4) is 0 Å². The molecule has 2 aliphatic rings. The van der Waals surface area contributed by atoms with Gasteiger partial charge in [0.2, 0.25) is 5.91 Å². The summed E-state index contributed by atoms with van der Waals surface area (Å²) < 4.78 is 5.07. The van der Waals surface area contributed by atoms with Gasteiger partial charge in [0.15, 0.2) is 5.69 Å². The number of aromatic amines is 1. The number of aromatic nitrogens is 2. The fourth-order valence-electron chi connectivity index (χ4n) is 3.61. The zero-order chi connectivity index (χ0) is 19.4. The number of amides is 2. The normalized spacial score (nSPS) is 19.3. The molecular weight excluding hydrogens is 350 g/mol. The van der Waals surface area contributed by atoms with Crippen LogP contribution in [0.4, 0.5) is 0 Å². The summed E-state index contributed by atoms with van der Waals surface area (Å²) in [5.74, 6) is -0.978. The molecule has 2 N–H and O–H groups in total. The van der Waals surface area contributed by atoms with E-state index in [-0.39, 0.29) is 30.2 Å². The van der Waals surface area contributed by atoms with Crippen LogP contribution in [-0.2, 0) is 27.3 Å². The molecule has 1 aromatic rings. The first kappa shape index (κ1) is 19.3. The van der Waals surface area contributed by atoms with Gasteiger partial charge in [0.1, 0.15) is 0 Å². The zero-order valence-corrected chi connectivity index (χ0v) is 15.9. The predicted molar refractivity (Wildman–Crippen MR) is 96.9 cm³/mol. The Kier molecular flexibility index (Phi) is 6.10. The van der Waals surface area contributed by atoms with Crippen LogP contribution in [0.3, 0.4) is 0 Å². The smallest absolute Gasteiger partial charge is 0.310 e. The highest BCUT2D eigenvalue weighted by atomic mass is 16.5. The second kappa shape index (κ2) is 8.51. The van der Waals surface area contributed by atoms with Gasteiger partial charge in [-0.15, -0.1) is 0 Å². The number of ether oxygens (including phenoxy) is 1. The van der Waals surface area contributed by atoms with E-state index in [0.717, 1.165) is 37.1 Å². The predicted octanol–water partition coefficient (Wildman–Crippen LogP) is -0.0709. The van der Waals surface area contributed by atoms with Crippen LogP contribution in [0, 0.1) is 5.92 Å². The van der Waals surface area contributed by atoms with Gasteiger partial charge < -0.3 is 19.9 Å². The fraction of sp³-hybridized carbons (Fsp3) is 0.667. The van der Waals surface area contributed by atoms with Crippen LogP contribution in [0.2, 0.25) is 0 Å². The Morgan fingerprint density at radius 3 is 2.96 bits per heavy atom. The molecular formula is C18H27N5O4. The summed E-state index contributed by atoms with van der Waals surface area (Å²) in [4.78, 5) is 40.3. The monoisotopic (exact) mass is 377 g/mol. The Morgan fingerprint density at radius 1 is 1.37 bits per heavy atom. The highest BCUT2D eigenvalue weighted by Gasteiger charge is 2.31. The SMILES string of the molecule is CCOC(=O)C1CCCN(C(=O)CN(C)C(=O)c2n[nH]c3c2CNCC3)C1. The van der Waals surface area contributed by atoms with E-state index in [4.69, 9.17) is 4.74 Å². The molecule has 1 atom stereocenters. The van der Waals surface area contributed by atoms with E-state index in [0.29, 0.717) is 31.9 Å². The highest BCUT2D eigenvalue weighted by Crippen LogP contribution is 2.19. The zero-order valence-electron chi connectivity index (χ0n) is 15.9. The number of carbonyl (C=O) groups is 3. The first-order chi connectivity index (χ1) is 13.0. The third-order valence-electron chi connectivity index (χ3n) is 5.12. The van der Waals surface area contributed by atoms with Gasteiger partial charge in [0, 0.05) is 50.9 Å². The van der Waals surface area contributed by atoms with E-state index in [1.807, 2.05) is 0 Å². The van der Waals surface area contributed by atoms with Gasteiger partial charge in [-0.25, -0.2) is 0 Å². The summed E-state index contributed by atoms with van der Waals surface area (Å²) in [6, 6.07) is 0. The number of esters is 1. The topological polar surface area (TPSA) is 108 Å². The first-order valence-electron chi connectivity index (χ1n) is 9.48. The van der Waals surface area contributed by atoms with E-state index in [1.165, 1.54) is 4.90 Å². The number of nitrogens with zero attached hydrogens (tertiary/aromatic N) is 3. The van der Waals surface area contributed by atoms with E-state index in [9.17, 15) is 14.4 Å². The lowest BCUT2D eigenvalue weighted by Gasteiger charge is -2.32. The number of likely N-dealkylation sites (tertiary alicyclic amines) is 1. The van der Waals surface area contributed by atoms with Crippen molar-refractivity contribution >= 4 is 17.8 Å². The molecule has 0 radical (unpaired) electrons. The molecule has 0 spiro atoms. The number of hydrogen-bond donors (Lipinski definition) is 2. The Morgan fingerprint density at radius 2 is 2.19 bits per heavy atom. The van der Waals surface area contributed by atoms with Crippen molar-refractivity contribution in [2.45, 2.75) is 32.7 Å². The van der Waals surface area contributed by atoms with Crippen LogP contribution < -0.4 is 5.32 Å². The van der Waals surface area contributed by atoms with Gasteiger partial charge in [-0.1, -0.05) is 0 Å². The van der Waals surface area contributed by atoms with E-state index >= 15 is 0 Å². The summed E-state index contributed by atoms with van der Waals surface area (Å²) in [6.07, 6.45) is 2.29. The van der Waals surface area contributed by atoms with E-state index < -0.39 is 0 Å². The molecule has 2 amide bonds. The lowest BCUT2D eigenvalue weighted by Crippen LogP contribution is -2.47. The maximum absolute atomic E-state index is 12.7. The maximum Gasteiger partial charge on any atom is 0.310 e. The first-order valence-corrected chi connectivity index (χ1v) is 9.48. The van der Waals surface area contributed by atoms with Crippen molar-refractivity contribution in [1.29, 1.82) is 0 Å². The molecule has 0 aromatic carbocycles. The molecule has 3 heterocycles. The molecule has 0 saturated carbocycles. The summed E-state index contributed by atoms with van der Waals surface area (Å²) in [7, 11) is 1.60. The van der Waals surface area contributed by atoms with Crippen LogP contribution in [0.1, 0.15) is 41.5 Å². The number of piperidine rings is 1. The number of nitrogens with one attached hydrogen (secondary N) is 2. The molecule has 9 heteroatoms. The lowest BCUT2D eigenvalue weighted by molar-refractivity contribution is -0.151. The van der Waals surface area contributed by atoms with Crippen molar-refractivity contribution in [2.75, 3.05) is 39.8 Å². The molecule has 27 heavy (non-hydrogen) atoms. The molecule has 0 aliphatic carbocycles. The Hall–Kier alpha value is -2.42. The summed E-state index contributed by atoms with van der Waals surface area (Å²) in [5, 5.41) is 10.3. The molecule has 1 unspecified atom stereocenters. The van der Waals surface area contributed by atoms with Crippen molar-refractivity contribution in [3.63, 3.8) is 0 Å². The van der Waals surface area contributed by atoms with E-state index in [1.54, 1.807) is 18.9 Å². The number of hydrogen-bond acceptors (Lipinski definition) is 6. The number of H-pyrrole nitrogens is 1. The largest absolute Gasteiger partial charge is 0.466 e. The minimum absolute atomic E-state index is 0.0383. The lowest BCUT2D eigenvalue weighted by atomic mass is 9.98. The van der Waals surface area contributed by atoms with Gasteiger partial charge in [-0.2, -0.15) is 5.10 Å². The fourth-order valence-corrected chi connectivity index (χ4v) is 3.61. The molecule has 0 bridgehead atoms. The average molecular weight is 377 g/mol. The average Bonchev–Trinajstić information content (AvgIpc) is 3.11. The van der Waals surface area contributed by atoms with Crippen LogP contribution in [0.15, 0.2) is 0 Å². The standard InChI is InChI=1S/C18H27N5O4/c1-3-27-18(26)12-5-4-8-23(10-12)15(24)11-22(2)17(25)16-13-9-19-7-6-14(13)20-21-16/h12,19H,3-11H2,1-2H3,(H,20,21). The Bertz CT molecular complexity index is 717. The molecule has 1 fully saturated rings. The number of fused-ring (bicyclic) bond motifs is 1. The molecule has 9 nitrogen and oxygen atoms in total. The summed E-state index contributed by atoms with van der Waals surface area (Å²) in [6.45, 7) is 4.47. The molecule has 2 aliphatic heterocycles. The van der Waals surface area contributed by atoms with Gasteiger partial charge in [-0.05, 0) is 19.8 Å². The van der Waals surface area contributed by atoms with Gasteiger partial charge in [0.05, 0.1) is 19.1 Å². The second-order valence-corrected chi connectivity index (χ2v) is 7.05. The molecule has 3 rings (SSSR count). The van der Waals surface area contributed by atoms with Crippen LogP contribution >= 0.6 is 0 Å². The van der Waals surface area contributed by atoms with Crippen LogP contribution in [0.5, 0.6) is 0 Å². The van der Waals surface area contributed by atoms with Crippen molar-refractivity contribution in [2.24, 2.45) is 5.92 Å². The minimum atomic E-state index is -0.284. The quantitative estimate of drug-likeness (QED) is 0.696. The van der Waals surface area contributed by atoms with E-state index in [2.05, 4.69) is 15.5 Å². The van der Waals surface area contributed by atoms with Crippen molar-refractivity contribution < 1.29 is 19.1 Å². The molecule has 148 valence electrons. The Labute approximate surface area is 158 Å². The summed E-state index contributed by atoms with van der Waals surface area (Å²) >= 11 is 0. The number of likely N-dealkylation sites (N-methyl/N-ethyl adjacent to an activating group) is 1. The van der Waals surface area contributed by atoms with Gasteiger partial charge in [0.25, 0.3) is 5.91 Å². The third-order valence-corrected chi connectivity index (χ3v) is 5.12. The third kappa shape index (κ3) is 4.29. The Balaban J connectivity index is 1.59. The number of rotatable bonds is 5. The minimum Gasteiger partial charge on any atom is -0.466 e.